The Bertz CT molecular complexity index is 220. The van der Waals surface area contributed by atoms with Crippen LogP contribution < -0.4 is 0 Å². The summed E-state index contributed by atoms with van der Waals surface area (Å²) in [5.41, 5.74) is 1.41. The molecule has 0 fully saturated rings. The summed E-state index contributed by atoms with van der Waals surface area (Å²) in [5.74, 6) is 0. The van der Waals surface area contributed by atoms with Gasteiger partial charge in [-0.3, -0.25) is 0 Å². The molecule has 0 N–H and O–H groups in total. The van der Waals surface area contributed by atoms with Crippen molar-refractivity contribution in [1.29, 1.82) is 0 Å². The molecule has 0 amide bonds. The quantitative estimate of drug-likeness (QED) is 0.530. The van der Waals surface area contributed by atoms with Gasteiger partial charge in [-0.25, -0.2) is 0 Å². The van der Waals surface area contributed by atoms with Gasteiger partial charge in [0.1, 0.15) is 0 Å². The molecular formula is C9H10Sn. The van der Waals surface area contributed by atoms with E-state index < -0.39 is 21.1 Å². The van der Waals surface area contributed by atoms with Crippen molar-refractivity contribution in [3.8, 4) is 10.4 Å². The van der Waals surface area contributed by atoms with Crippen molar-refractivity contribution in [2.45, 2.75) is 4.44 Å². The maximum atomic E-state index is 5.22. The standard InChI is InChI=1S/C7H7.C2H.Sn.2H/c1-7-5-3-2-4-6-7;1-2;;;/h2-6H,1H2;1H;;;. The molecule has 0 saturated heterocycles. The molecule has 0 spiro atoms. The van der Waals surface area contributed by atoms with E-state index in [1.807, 2.05) is 6.07 Å². The number of rotatable bonds is 2. The molecular weight excluding hydrogens is 227 g/mol. The molecule has 10 heavy (non-hydrogen) atoms. The molecule has 0 aliphatic carbocycles. The van der Waals surface area contributed by atoms with Crippen LogP contribution >= 0.6 is 0 Å². The van der Waals surface area contributed by atoms with Crippen molar-refractivity contribution in [3.05, 3.63) is 35.9 Å². The van der Waals surface area contributed by atoms with E-state index in [0.29, 0.717) is 0 Å². The zero-order chi connectivity index (χ0) is 7.23. The Kier molecular flexibility index (Phi) is 3.38. The van der Waals surface area contributed by atoms with Crippen LogP contribution in [0.4, 0.5) is 0 Å². The minimum atomic E-state index is -0.805. The van der Waals surface area contributed by atoms with E-state index >= 15 is 0 Å². The Labute approximate surface area is 71.9 Å². The molecule has 0 aromatic heterocycles. The van der Waals surface area contributed by atoms with Crippen molar-refractivity contribution >= 4 is 21.1 Å². The second-order valence-electron chi connectivity index (χ2n) is 2.19. The van der Waals surface area contributed by atoms with Gasteiger partial charge in [0.15, 0.2) is 0 Å². The molecule has 1 aromatic rings. The molecule has 1 heteroatoms. The van der Waals surface area contributed by atoms with E-state index in [2.05, 4.69) is 28.2 Å². The minimum absolute atomic E-state index is 0.805. The van der Waals surface area contributed by atoms with Gasteiger partial charge in [0.2, 0.25) is 0 Å². The van der Waals surface area contributed by atoms with Crippen LogP contribution in [0.5, 0.6) is 0 Å². The molecule has 1 rings (SSSR count). The fourth-order valence-electron chi connectivity index (χ4n) is 0.861. The third-order valence-corrected chi connectivity index (χ3v) is 4.59. The first-order valence-corrected chi connectivity index (χ1v) is 8.28. The van der Waals surface area contributed by atoms with Gasteiger partial charge in [0, 0.05) is 0 Å². The van der Waals surface area contributed by atoms with Crippen molar-refractivity contribution in [1.82, 2.24) is 0 Å². The molecule has 0 nitrogen and oxygen atoms in total. The van der Waals surface area contributed by atoms with Gasteiger partial charge in [0.25, 0.3) is 0 Å². The van der Waals surface area contributed by atoms with Gasteiger partial charge in [-0.15, -0.1) is 0 Å². The van der Waals surface area contributed by atoms with E-state index in [1.165, 1.54) is 10.0 Å². The number of terminal acetylenes is 1. The summed E-state index contributed by atoms with van der Waals surface area (Å²) in [4.78, 5) is 0. The van der Waals surface area contributed by atoms with E-state index in [0.717, 1.165) is 0 Å². The van der Waals surface area contributed by atoms with Gasteiger partial charge >= 0.3 is 71.8 Å². The van der Waals surface area contributed by atoms with Crippen LogP contribution in [0, 0.1) is 10.4 Å². The van der Waals surface area contributed by atoms with Crippen LogP contribution in [-0.2, 0) is 4.44 Å². The fourth-order valence-corrected chi connectivity index (χ4v) is 3.05. The predicted octanol–water partition coefficient (Wildman–Crippen LogP) is 0.946. The van der Waals surface area contributed by atoms with Crippen LogP contribution in [0.2, 0.25) is 0 Å². The molecule has 0 atom stereocenters. The number of hydrogen-bond donors (Lipinski definition) is 0. The zero-order valence-electron chi connectivity index (χ0n) is 5.88. The van der Waals surface area contributed by atoms with Crippen molar-refractivity contribution in [3.63, 3.8) is 0 Å². The molecule has 0 unspecified atom stereocenters. The molecule has 1 aromatic carbocycles. The third kappa shape index (κ3) is 2.45. The first-order chi connectivity index (χ1) is 4.93. The van der Waals surface area contributed by atoms with Crippen LogP contribution in [0.25, 0.3) is 0 Å². The summed E-state index contributed by atoms with van der Waals surface area (Å²) in [5, 5.41) is 0. The summed E-state index contributed by atoms with van der Waals surface area (Å²) in [7, 11) is 0. The van der Waals surface area contributed by atoms with Gasteiger partial charge in [-0.2, -0.15) is 0 Å². The first kappa shape index (κ1) is 7.68. The molecule has 50 valence electrons. The monoisotopic (exact) mass is 238 g/mol. The Morgan fingerprint density at radius 1 is 1.30 bits per heavy atom. The van der Waals surface area contributed by atoms with Gasteiger partial charge in [0.05, 0.1) is 0 Å². The van der Waals surface area contributed by atoms with Crippen molar-refractivity contribution in [2.75, 3.05) is 0 Å². The van der Waals surface area contributed by atoms with Gasteiger partial charge in [-0.05, 0) is 0 Å². The average molecular weight is 237 g/mol. The topological polar surface area (TPSA) is 0 Å². The summed E-state index contributed by atoms with van der Waals surface area (Å²) in [6.07, 6.45) is 5.22. The van der Waals surface area contributed by atoms with Crippen molar-refractivity contribution in [2.24, 2.45) is 0 Å². The third-order valence-electron chi connectivity index (χ3n) is 1.40. The van der Waals surface area contributed by atoms with Crippen molar-refractivity contribution < 1.29 is 0 Å². The molecule has 0 aliphatic heterocycles. The maximum absolute atomic E-state index is 5.22. The Hall–Kier alpha value is -0.421. The number of hydrogen-bond acceptors (Lipinski definition) is 0. The van der Waals surface area contributed by atoms with Gasteiger partial charge in [-0.1, -0.05) is 0 Å². The molecule has 0 bridgehead atoms. The first-order valence-electron chi connectivity index (χ1n) is 3.41. The van der Waals surface area contributed by atoms with E-state index in [-0.39, 0.29) is 0 Å². The Morgan fingerprint density at radius 3 is 2.60 bits per heavy atom. The van der Waals surface area contributed by atoms with Gasteiger partial charge < -0.3 is 0 Å². The summed E-state index contributed by atoms with van der Waals surface area (Å²) < 4.78 is 4.03. The van der Waals surface area contributed by atoms with Crippen LogP contribution in [0.3, 0.4) is 0 Å². The molecule has 0 saturated carbocycles. The second-order valence-corrected chi connectivity index (χ2v) is 6.21. The SMILES string of the molecule is C#[C][SnH2][CH2]c1ccccc1. The molecule has 0 radical (unpaired) electrons. The zero-order valence-corrected chi connectivity index (χ0v) is 9.91. The molecule has 0 heterocycles. The summed E-state index contributed by atoms with van der Waals surface area (Å²) >= 11 is -0.805. The van der Waals surface area contributed by atoms with Crippen LogP contribution in [0.15, 0.2) is 30.3 Å². The van der Waals surface area contributed by atoms with Crippen LogP contribution in [0.1, 0.15) is 5.56 Å². The number of benzene rings is 1. The Morgan fingerprint density at radius 2 is 2.00 bits per heavy atom. The second kappa shape index (κ2) is 4.40. The van der Waals surface area contributed by atoms with E-state index in [4.69, 9.17) is 6.42 Å². The summed E-state index contributed by atoms with van der Waals surface area (Å²) in [6.45, 7) is 0. The predicted molar refractivity (Wildman–Crippen MR) is 47.5 cm³/mol. The molecule has 0 aliphatic rings. The van der Waals surface area contributed by atoms with Crippen LogP contribution in [-0.4, -0.2) is 21.1 Å². The van der Waals surface area contributed by atoms with E-state index in [1.54, 1.807) is 0 Å². The fraction of sp³-hybridized carbons (Fsp3) is 0.111. The normalized spacial score (nSPS) is 9.90. The van der Waals surface area contributed by atoms with E-state index in [9.17, 15) is 0 Å². The Balaban J connectivity index is 2.52. The average Bonchev–Trinajstić information content (AvgIpc) is 2.03. The summed E-state index contributed by atoms with van der Waals surface area (Å²) in [6, 6.07) is 10.5.